The van der Waals surface area contributed by atoms with Gasteiger partial charge in [-0.05, 0) is 17.3 Å². The van der Waals surface area contributed by atoms with Gasteiger partial charge in [0.25, 0.3) is 0 Å². The fourth-order valence-electron chi connectivity index (χ4n) is 1.41. The number of aromatic nitrogens is 2. The third-order valence-electron chi connectivity index (χ3n) is 2.25. The largest absolute Gasteiger partial charge is 0.419 e. The van der Waals surface area contributed by atoms with Gasteiger partial charge in [0.15, 0.2) is 11.5 Å². The maximum absolute atomic E-state index is 11.8. The lowest BCUT2D eigenvalue weighted by atomic mass is 10.2. The van der Waals surface area contributed by atoms with Gasteiger partial charge in [0.05, 0.1) is 6.20 Å². The summed E-state index contributed by atoms with van der Waals surface area (Å²) in [5.41, 5.74) is 0.473. The first kappa shape index (κ1) is 13.8. The van der Waals surface area contributed by atoms with Crippen LogP contribution in [0.5, 0.6) is 0 Å². The molecule has 0 saturated heterocycles. The van der Waals surface area contributed by atoms with E-state index >= 15 is 0 Å². The van der Waals surface area contributed by atoms with E-state index in [1.807, 2.05) is 0 Å². The van der Waals surface area contributed by atoms with Crippen LogP contribution in [0, 0.1) is 4.91 Å². The standard InChI is InChI=1S/C13H8ClN3O3/c14-10-3-1-2-9(6-10)12(8-17-19)20-13(18)11-7-15-4-5-16-11/h1-8H. The van der Waals surface area contributed by atoms with Crippen molar-refractivity contribution in [3.63, 3.8) is 0 Å². The minimum absolute atomic E-state index is 0.0156. The zero-order chi connectivity index (χ0) is 14.4. The maximum Gasteiger partial charge on any atom is 0.364 e. The number of hydrogen-bond donors (Lipinski definition) is 0. The van der Waals surface area contributed by atoms with Gasteiger partial charge in [-0.25, -0.2) is 9.78 Å². The molecule has 0 fully saturated rings. The van der Waals surface area contributed by atoms with Crippen molar-refractivity contribution in [2.24, 2.45) is 5.18 Å². The highest BCUT2D eigenvalue weighted by atomic mass is 35.5. The highest BCUT2D eigenvalue weighted by molar-refractivity contribution is 6.30. The summed E-state index contributed by atoms with van der Waals surface area (Å²) < 4.78 is 5.09. The molecule has 20 heavy (non-hydrogen) atoms. The van der Waals surface area contributed by atoms with E-state index < -0.39 is 5.97 Å². The Morgan fingerprint density at radius 2 is 2.20 bits per heavy atom. The van der Waals surface area contributed by atoms with Gasteiger partial charge in [0.1, 0.15) is 6.20 Å². The van der Waals surface area contributed by atoms with Gasteiger partial charge in [0, 0.05) is 23.0 Å². The number of hydrogen-bond acceptors (Lipinski definition) is 6. The molecular weight excluding hydrogens is 282 g/mol. The highest BCUT2D eigenvalue weighted by Crippen LogP contribution is 2.21. The van der Waals surface area contributed by atoms with Crippen LogP contribution >= 0.6 is 11.6 Å². The molecule has 0 aliphatic rings. The number of esters is 1. The Balaban J connectivity index is 2.25. The van der Waals surface area contributed by atoms with Crippen molar-refractivity contribution in [2.75, 3.05) is 0 Å². The van der Waals surface area contributed by atoms with Gasteiger partial charge in [-0.3, -0.25) is 4.98 Å². The van der Waals surface area contributed by atoms with Gasteiger partial charge in [-0.1, -0.05) is 23.7 Å². The average Bonchev–Trinajstić information content (AvgIpc) is 2.47. The molecule has 0 amide bonds. The predicted molar refractivity (Wildman–Crippen MR) is 72.7 cm³/mol. The number of benzene rings is 1. The van der Waals surface area contributed by atoms with Crippen molar-refractivity contribution in [1.29, 1.82) is 0 Å². The minimum Gasteiger partial charge on any atom is -0.419 e. The fraction of sp³-hybridized carbons (Fsp3) is 0. The molecule has 0 spiro atoms. The summed E-state index contributed by atoms with van der Waals surface area (Å²) in [4.78, 5) is 29.8. The zero-order valence-corrected chi connectivity index (χ0v) is 10.8. The van der Waals surface area contributed by atoms with Crippen molar-refractivity contribution < 1.29 is 9.53 Å². The molecule has 100 valence electrons. The number of carbonyl (C=O) groups is 1. The van der Waals surface area contributed by atoms with Crippen LogP contribution in [-0.2, 0) is 4.74 Å². The Kier molecular flexibility index (Phi) is 4.52. The van der Waals surface area contributed by atoms with Crippen molar-refractivity contribution in [3.05, 3.63) is 70.2 Å². The van der Waals surface area contributed by atoms with Gasteiger partial charge >= 0.3 is 5.97 Å². The van der Waals surface area contributed by atoms with Crippen LogP contribution in [0.4, 0.5) is 0 Å². The average molecular weight is 290 g/mol. The van der Waals surface area contributed by atoms with Crippen molar-refractivity contribution >= 4 is 23.3 Å². The Bertz CT molecular complexity index is 659. The van der Waals surface area contributed by atoms with Crippen molar-refractivity contribution in [1.82, 2.24) is 9.97 Å². The van der Waals surface area contributed by atoms with E-state index in [0.29, 0.717) is 10.6 Å². The molecular formula is C13H8ClN3O3. The monoisotopic (exact) mass is 289 g/mol. The Morgan fingerprint density at radius 3 is 2.85 bits per heavy atom. The second-order valence-electron chi connectivity index (χ2n) is 3.59. The van der Waals surface area contributed by atoms with E-state index in [1.54, 1.807) is 24.3 Å². The summed E-state index contributed by atoms with van der Waals surface area (Å²) in [5, 5.41) is 3.06. The van der Waals surface area contributed by atoms with E-state index in [-0.39, 0.29) is 11.5 Å². The number of halogens is 1. The molecule has 2 rings (SSSR count). The second kappa shape index (κ2) is 6.53. The van der Waals surface area contributed by atoms with Gasteiger partial charge < -0.3 is 4.74 Å². The summed E-state index contributed by atoms with van der Waals surface area (Å²) in [5.74, 6) is -0.758. The lowest BCUT2D eigenvalue weighted by Crippen LogP contribution is -2.07. The normalized spacial score (nSPS) is 10.9. The molecule has 0 atom stereocenters. The topological polar surface area (TPSA) is 81.5 Å². The molecule has 6 nitrogen and oxygen atoms in total. The molecule has 1 aromatic carbocycles. The van der Waals surface area contributed by atoms with Crippen LogP contribution in [0.3, 0.4) is 0 Å². The van der Waals surface area contributed by atoms with Crippen LogP contribution in [-0.4, -0.2) is 15.9 Å². The first-order valence-corrected chi connectivity index (χ1v) is 5.85. The molecule has 0 N–H and O–H groups in total. The predicted octanol–water partition coefficient (Wildman–Crippen LogP) is 3.05. The molecule has 0 bridgehead atoms. The van der Waals surface area contributed by atoms with Crippen LogP contribution in [0.15, 0.2) is 54.2 Å². The van der Waals surface area contributed by atoms with E-state index in [1.165, 1.54) is 18.6 Å². The SMILES string of the molecule is O=NC=C(OC(=O)c1cnccn1)c1cccc(Cl)c1. The summed E-state index contributed by atoms with van der Waals surface area (Å²) in [6.45, 7) is 0. The molecule has 0 aliphatic heterocycles. The van der Waals surface area contributed by atoms with E-state index in [9.17, 15) is 9.70 Å². The lowest BCUT2D eigenvalue weighted by molar-refractivity contribution is 0.0684. The Labute approximate surface area is 119 Å². The van der Waals surface area contributed by atoms with Gasteiger partial charge in [0.2, 0.25) is 0 Å². The smallest absolute Gasteiger partial charge is 0.364 e. The van der Waals surface area contributed by atoms with Gasteiger partial charge in [-0.15, -0.1) is 4.91 Å². The molecule has 0 radical (unpaired) electrons. The third-order valence-corrected chi connectivity index (χ3v) is 2.49. The Morgan fingerprint density at radius 1 is 1.35 bits per heavy atom. The fourth-order valence-corrected chi connectivity index (χ4v) is 1.60. The number of rotatable bonds is 4. The number of ether oxygens (including phenoxy) is 1. The first-order chi connectivity index (χ1) is 9.70. The van der Waals surface area contributed by atoms with Crippen LogP contribution in [0.2, 0.25) is 5.02 Å². The number of nitrogens with zero attached hydrogens (tertiary/aromatic N) is 3. The van der Waals surface area contributed by atoms with Gasteiger partial charge in [-0.2, -0.15) is 0 Å². The summed E-state index contributed by atoms with van der Waals surface area (Å²) in [6, 6.07) is 6.49. The first-order valence-electron chi connectivity index (χ1n) is 5.47. The molecule has 0 saturated carbocycles. The van der Waals surface area contributed by atoms with Crippen molar-refractivity contribution in [2.45, 2.75) is 0 Å². The lowest BCUT2D eigenvalue weighted by Gasteiger charge is -2.07. The quantitative estimate of drug-likeness (QED) is 0.491. The van der Waals surface area contributed by atoms with Crippen molar-refractivity contribution in [3.8, 4) is 0 Å². The molecule has 1 aromatic heterocycles. The summed E-state index contributed by atoms with van der Waals surface area (Å²) >= 11 is 5.84. The van der Waals surface area contributed by atoms with Crippen LogP contribution < -0.4 is 0 Å². The number of nitroso groups, excluding NO2 is 1. The summed E-state index contributed by atoms with van der Waals surface area (Å²) in [6.07, 6.45) is 4.93. The molecule has 0 aliphatic carbocycles. The van der Waals surface area contributed by atoms with E-state index in [4.69, 9.17) is 16.3 Å². The summed E-state index contributed by atoms with van der Waals surface area (Å²) in [7, 11) is 0. The molecule has 1 heterocycles. The highest BCUT2D eigenvalue weighted by Gasteiger charge is 2.14. The van der Waals surface area contributed by atoms with E-state index in [0.717, 1.165) is 6.20 Å². The van der Waals surface area contributed by atoms with E-state index in [2.05, 4.69) is 15.1 Å². The third kappa shape index (κ3) is 3.46. The zero-order valence-electron chi connectivity index (χ0n) is 10.1. The molecule has 0 unspecified atom stereocenters. The molecule has 2 aromatic rings. The molecule has 7 heteroatoms. The van der Waals surface area contributed by atoms with Crippen LogP contribution in [0.1, 0.15) is 16.1 Å². The number of carbonyl (C=O) groups excluding carboxylic acids is 1. The minimum atomic E-state index is -0.743. The Hall–Kier alpha value is -2.60. The maximum atomic E-state index is 11.8. The second-order valence-corrected chi connectivity index (χ2v) is 4.03. The van der Waals surface area contributed by atoms with Crippen LogP contribution in [0.25, 0.3) is 5.76 Å².